The summed E-state index contributed by atoms with van der Waals surface area (Å²) >= 11 is 0. The summed E-state index contributed by atoms with van der Waals surface area (Å²) in [7, 11) is 2.16. The van der Waals surface area contributed by atoms with Crippen molar-refractivity contribution in [3.63, 3.8) is 0 Å². The molecule has 0 aliphatic carbocycles. The van der Waals surface area contributed by atoms with E-state index in [2.05, 4.69) is 22.2 Å². The Morgan fingerprint density at radius 1 is 1.23 bits per heavy atom. The van der Waals surface area contributed by atoms with Gasteiger partial charge in [-0.1, -0.05) is 30.3 Å². The number of nitrogens with zero attached hydrogens (tertiary/aromatic N) is 2. The molecule has 2 rings (SSSR count). The quantitative estimate of drug-likeness (QED) is 0.712. The van der Waals surface area contributed by atoms with Crippen molar-refractivity contribution in [1.29, 1.82) is 0 Å². The van der Waals surface area contributed by atoms with Crippen molar-refractivity contribution in [2.75, 3.05) is 46.3 Å². The van der Waals surface area contributed by atoms with Gasteiger partial charge in [-0.2, -0.15) is 0 Å². The number of amides is 1. The Morgan fingerprint density at radius 3 is 2.59 bits per heavy atom. The number of piperazine rings is 1. The zero-order valence-corrected chi connectivity index (χ0v) is 13.5. The molecule has 5 heteroatoms. The maximum Gasteiger partial charge on any atom is 0.237 e. The monoisotopic (exact) mass is 304 g/mol. The number of hydrogen-bond donors (Lipinski definition) is 2. The molecule has 1 aliphatic rings. The molecule has 1 aromatic rings. The van der Waals surface area contributed by atoms with Crippen LogP contribution < -0.4 is 11.1 Å². The largest absolute Gasteiger partial charge is 0.355 e. The second kappa shape index (κ2) is 8.88. The standard InChI is InChI=1S/C17H28N4O/c1-20-10-12-21(13-11-20)9-5-8-19-17(22)16(18)14-15-6-3-2-4-7-15/h2-4,6-7,16H,5,8-14,18H2,1H3,(H,19,22). The van der Waals surface area contributed by atoms with E-state index in [4.69, 9.17) is 5.73 Å². The summed E-state index contributed by atoms with van der Waals surface area (Å²) in [6.45, 7) is 6.26. The molecule has 1 atom stereocenters. The summed E-state index contributed by atoms with van der Waals surface area (Å²) in [4.78, 5) is 16.8. The van der Waals surface area contributed by atoms with E-state index in [0.717, 1.165) is 44.7 Å². The van der Waals surface area contributed by atoms with E-state index >= 15 is 0 Å². The Hall–Kier alpha value is -1.43. The SMILES string of the molecule is CN1CCN(CCCNC(=O)C(N)Cc2ccccc2)CC1. The minimum atomic E-state index is -0.467. The number of nitrogens with one attached hydrogen (secondary N) is 1. The lowest BCUT2D eigenvalue weighted by Gasteiger charge is -2.32. The second-order valence-electron chi connectivity index (χ2n) is 6.09. The van der Waals surface area contributed by atoms with E-state index in [1.807, 2.05) is 30.3 Å². The fourth-order valence-electron chi connectivity index (χ4n) is 2.68. The molecule has 5 nitrogen and oxygen atoms in total. The molecule has 1 saturated heterocycles. The van der Waals surface area contributed by atoms with Gasteiger partial charge in [0.1, 0.15) is 0 Å². The molecule has 1 aliphatic heterocycles. The van der Waals surface area contributed by atoms with Gasteiger partial charge in [0, 0.05) is 32.7 Å². The summed E-state index contributed by atoms with van der Waals surface area (Å²) in [5.74, 6) is -0.0535. The van der Waals surface area contributed by atoms with Crippen molar-refractivity contribution in [3.8, 4) is 0 Å². The molecule has 3 N–H and O–H groups in total. The lowest BCUT2D eigenvalue weighted by molar-refractivity contribution is -0.122. The second-order valence-corrected chi connectivity index (χ2v) is 6.09. The first-order chi connectivity index (χ1) is 10.6. The number of rotatable bonds is 7. The Balaban J connectivity index is 1.59. The van der Waals surface area contributed by atoms with Crippen LogP contribution >= 0.6 is 0 Å². The van der Waals surface area contributed by atoms with Crippen molar-refractivity contribution < 1.29 is 4.79 Å². The Bertz CT molecular complexity index is 443. The van der Waals surface area contributed by atoms with Crippen LogP contribution in [0.4, 0.5) is 0 Å². The van der Waals surface area contributed by atoms with Crippen molar-refractivity contribution in [2.45, 2.75) is 18.9 Å². The van der Waals surface area contributed by atoms with Crippen LogP contribution in [0.3, 0.4) is 0 Å². The number of likely N-dealkylation sites (N-methyl/N-ethyl adjacent to an activating group) is 1. The molecule has 0 spiro atoms. The summed E-state index contributed by atoms with van der Waals surface area (Å²) < 4.78 is 0. The van der Waals surface area contributed by atoms with Crippen LogP contribution in [-0.2, 0) is 11.2 Å². The maximum atomic E-state index is 12.0. The van der Waals surface area contributed by atoms with Crippen LogP contribution in [-0.4, -0.2) is 68.1 Å². The van der Waals surface area contributed by atoms with Gasteiger partial charge in [-0.25, -0.2) is 0 Å². The lowest BCUT2D eigenvalue weighted by Crippen LogP contribution is -2.46. The van der Waals surface area contributed by atoms with Gasteiger partial charge in [0.25, 0.3) is 0 Å². The number of hydrogen-bond acceptors (Lipinski definition) is 4. The van der Waals surface area contributed by atoms with Crippen LogP contribution in [0.5, 0.6) is 0 Å². The Morgan fingerprint density at radius 2 is 1.91 bits per heavy atom. The summed E-state index contributed by atoms with van der Waals surface area (Å²) in [5.41, 5.74) is 7.06. The first-order valence-electron chi connectivity index (χ1n) is 8.13. The third-order valence-electron chi connectivity index (χ3n) is 4.18. The van der Waals surface area contributed by atoms with Crippen molar-refractivity contribution in [2.24, 2.45) is 5.73 Å². The molecule has 1 fully saturated rings. The van der Waals surface area contributed by atoms with Gasteiger partial charge in [0.05, 0.1) is 6.04 Å². The number of carbonyl (C=O) groups is 1. The predicted molar refractivity (Wildman–Crippen MR) is 89.7 cm³/mol. The smallest absolute Gasteiger partial charge is 0.237 e. The van der Waals surface area contributed by atoms with Gasteiger partial charge >= 0.3 is 0 Å². The number of nitrogens with two attached hydrogens (primary N) is 1. The lowest BCUT2D eigenvalue weighted by atomic mass is 10.1. The molecule has 1 unspecified atom stereocenters. The average Bonchev–Trinajstić information content (AvgIpc) is 2.54. The molecule has 1 amide bonds. The van der Waals surface area contributed by atoms with Crippen LogP contribution in [0.15, 0.2) is 30.3 Å². The molecule has 122 valence electrons. The van der Waals surface area contributed by atoms with Crippen molar-refractivity contribution in [1.82, 2.24) is 15.1 Å². The fraction of sp³-hybridized carbons (Fsp3) is 0.588. The van der Waals surface area contributed by atoms with E-state index < -0.39 is 6.04 Å². The minimum absolute atomic E-state index is 0.0535. The van der Waals surface area contributed by atoms with E-state index in [1.54, 1.807) is 0 Å². The van der Waals surface area contributed by atoms with Gasteiger partial charge in [0.15, 0.2) is 0 Å². The van der Waals surface area contributed by atoms with Crippen molar-refractivity contribution in [3.05, 3.63) is 35.9 Å². The summed E-state index contributed by atoms with van der Waals surface area (Å²) in [6.07, 6.45) is 1.57. The Labute approximate surface area is 133 Å². The highest BCUT2D eigenvalue weighted by Gasteiger charge is 2.15. The molecular formula is C17H28N4O. The molecule has 0 bridgehead atoms. The van der Waals surface area contributed by atoms with Gasteiger partial charge in [0.2, 0.25) is 5.91 Å². The van der Waals surface area contributed by atoms with E-state index in [1.165, 1.54) is 0 Å². The van der Waals surface area contributed by atoms with E-state index in [-0.39, 0.29) is 5.91 Å². The highest BCUT2D eigenvalue weighted by Crippen LogP contribution is 2.02. The van der Waals surface area contributed by atoms with Crippen LogP contribution in [0, 0.1) is 0 Å². The topological polar surface area (TPSA) is 61.6 Å². The minimum Gasteiger partial charge on any atom is -0.355 e. The molecule has 1 aromatic carbocycles. The zero-order chi connectivity index (χ0) is 15.8. The summed E-state index contributed by atoms with van der Waals surface area (Å²) in [6, 6.07) is 9.44. The van der Waals surface area contributed by atoms with Gasteiger partial charge in [-0.05, 0) is 32.0 Å². The highest BCUT2D eigenvalue weighted by atomic mass is 16.2. The van der Waals surface area contributed by atoms with Crippen LogP contribution in [0.1, 0.15) is 12.0 Å². The highest BCUT2D eigenvalue weighted by molar-refractivity contribution is 5.81. The van der Waals surface area contributed by atoms with E-state index in [0.29, 0.717) is 13.0 Å². The first-order valence-corrected chi connectivity index (χ1v) is 8.13. The molecule has 0 aromatic heterocycles. The van der Waals surface area contributed by atoms with E-state index in [9.17, 15) is 4.79 Å². The zero-order valence-electron chi connectivity index (χ0n) is 13.5. The molecule has 1 heterocycles. The Kier molecular flexibility index (Phi) is 6.83. The normalized spacial score (nSPS) is 18.1. The van der Waals surface area contributed by atoms with Crippen molar-refractivity contribution >= 4 is 5.91 Å². The van der Waals surface area contributed by atoms with Gasteiger partial charge in [-0.3, -0.25) is 4.79 Å². The molecule has 0 radical (unpaired) electrons. The summed E-state index contributed by atoms with van der Waals surface area (Å²) in [5, 5.41) is 2.95. The van der Waals surface area contributed by atoms with Crippen LogP contribution in [0.2, 0.25) is 0 Å². The maximum absolute atomic E-state index is 12.0. The fourth-order valence-corrected chi connectivity index (χ4v) is 2.68. The number of benzene rings is 1. The molecule has 22 heavy (non-hydrogen) atoms. The first kappa shape index (κ1) is 16.9. The number of carbonyl (C=O) groups excluding carboxylic acids is 1. The third-order valence-corrected chi connectivity index (χ3v) is 4.18. The van der Waals surface area contributed by atoms with Gasteiger partial charge < -0.3 is 20.9 Å². The molecular weight excluding hydrogens is 276 g/mol. The van der Waals surface area contributed by atoms with Crippen LogP contribution in [0.25, 0.3) is 0 Å². The average molecular weight is 304 g/mol. The predicted octanol–water partition coefficient (Wildman–Crippen LogP) is 0.310. The van der Waals surface area contributed by atoms with Gasteiger partial charge in [-0.15, -0.1) is 0 Å². The third kappa shape index (κ3) is 5.75. The molecule has 0 saturated carbocycles.